The average Bonchev–Trinajstić information content (AvgIpc) is 2.52. The lowest BCUT2D eigenvalue weighted by molar-refractivity contribution is 0.124. The number of hydrogen-bond donors (Lipinski definition) is 0. The first-order chi connectivity index (χ1) is 10.1. The number of para-hydroxylation sites is 1. The number of carbonyl (C=O) groups is 1. The zero-order valence-electron chi connectivity index (χ0n) is 13.2. The molecule has 0 aliphatic carbocycles. The number of rotatable bonds is 4. The molecule has 2 rings (SSSR count). The van der Waals surface area contributed by atoms with E-state index in [2.05, 4.69) is 11.0 Å². The Bertz CT molecular complexity index is 468. The van der Waals surface area contributed by atoms with Crippen molar-refractivity contribution < 1.29 is 9.53 Å². The van der Waals surface area contributed by atoms with Crippen molar-refractivity contribution in [2.24, 2.45) is 0 Å². The van der Waals surface area contributed by atoms with Crippen LogP contribution in [0.1, 0.15) is 5.56 Å². The molecular weight excluding hydrogens is 266 g/mol. The normalized spacial score (nSPS) is 15.9. The third kappa shape index (κ3) is 4.11. The predicted molar refractivity (Wildman–Crippen MR) is 83.8 cm³/mol. The van der Waals surface area contributed by atoms with Crippen LogP contribution in [0.3, 0.4) is 0 Å². The lowest BCUT2D eigenvalue weighted by Crippen LogP contribution is -2.51. The van der Waals surface area contributed by atoms with Gasteiger partial charge in [-0.05, 0) is 18.1 Å². The molecule has 1 aromatic rings. The highest BCUT2D eigenvalue weighted by atomic mass is 16.5. The number of benzene rings is 1. The summed E-state index contributed by atoms with van der Waals surface area (Å²) in [7, 11) is 5.32. The van der Waals surface area contributed by atoms with Gasteiger partial charge in [-0.3, -0.25) is 4.90 Å². The molecule has 1 fully saturated rings. The molecule has 0 saturated carbocycles. The Balaban J connectivity index is 1.80. The molecule has 0 aromatic heterocycles. The van der Waals surface area contributed by atoms with Gasteiger partial charge in [0.05, 0.1) is 7.11 Å². The molecule has 21 heavy (non-hydrogen) atoms. The van der Waals surface area contributed by atoms with Gasteiger partial charge < -0.3 is 14.5 Å². The highest BCUT2D eigenvalue weighted by Gasteiger charge is 2.21. The fraction of sp³-hybridized carbons (Fsp3) is 0.562. The fourth-order valence-electron chi connectivity index (χ4n) is 2.63. The number of nitrogens with zero attached hydrogens (tertiary/aromatic N) is 3. The van der Waals surface area contributed by atoms with Crippen LogP contribution in [0.25, 0.3) is 0 Å². The lowest BCUT2D eigenvalue weighted by Gasteiger charge is -2.36. The monoisotopic (exact) mass is 291 g/mol. The minimum atomic E-state index is 0.111. The van der Waals surface area contributed by atoms with Crippen LogP contribution < -0.4 is 4.74 Å². The third-order valence-electron chi connectivity index (χ3n) is 3.92. The number of carbonyl (C=O) groups excluding carboxylic acids is 1. The topological polar surface area (TPSA) is 36.0 Å². The first-order valence-corrected chi connectivity index (χ1v) is 7.42. The minimum absolute atomic E-state index is 0.111. The van der Waals surface area contributed by atoms with E-state index in [4.69, 9.17) is 4.74 Å². The lowest BCUT2D eigenvalue weighted by atomic mass is 10.1. The smallest absolute Gasteiger partial charge is 0.319 e. The molecule has 1 aromatic carbocycles. The largest absolute Gasteiger partial charge is 0.496 e. The average molecular weight is 291 g/mol. The second-order valence-electron chi connectivity index (χ2n) is 5.57. The van der Waals surface area contributed by atoms with Crippen molar-refractivity contribution in [1.82, 2.24) is 14.7 Å². The van der Waals surface area contributed by atoms with E-state index in [9.17, 15) is 4.79 Å². The summed E-state index contributed by atoms with van der Waals surface area (Å²) in [6, 6.07) is 8.27. The van der Waals surface area contributed by atoms with Crippen LogP contribution in [0.4, 0.5) is 4.79 Å². The second-order valence-corrected chi connectivity index (χ2v) is 5.57. The Hall–Kier alpha value is -1.75. The van der Waals surface area contributed by atoms with Crippen molar-refractivity contribution in [3.8, 4) is 5.75 Å². The highest BCUT2D eigenvalue weighted by Crippen LogP contribution is 2.18. The van der Waals surface area contributed by atoms with Crippen molar-refractivity contribution in [2.75, 3.05) is 53.9 Å². The number of amides is 2. The molecule has 1 aliphatic rings. The molecule has 0 spiro atoms. The molecule has 0 radical (unpaired) electrons. The van der Waals surface area contributed by atoms with Gasteiger partial charge >= 0.3 is 6.03 Å². The van der Waals surface area contributed by atoms with Crippen molar-refractivity contribution in [2.45, 2.75) is 6.42 Å². The Labute approximate surface area is 127 Å². The van der Waals surface area contributed by atoms with Crippen LogP contribution in [0.5, 0.6) is 5.75 Å². The maximum Gasteiger partial charge on any atom is 0.319 e. The van der Waals surface area contributed by atoms with Crippen LogP contribution in [0, 0.1) is 0 Å². The standard InChI is InChI=1S/C16H25N3O2/c1-17(2)16(20)19-12-10-18(11-13-19)9-8-14-6-4-5-7-15(14)21-3/h4-7H,8-13H2,1-3H3. The molecule has 0 bridgehead atoms. The second kappa shape index (κ2) is 7.31. The van der Waals surface area contributed by atoms with Gasteiger partial charge in [0.25, 0.3) is 0 Å². The molecule has 0 atom stereocenters. The van der Waals surface area contributed by atoms with Gasteiger partial charge in [0, 0.05) is 46.8 Å². The summed E-state index contributed by atoms with van der Waals surface area (Å²) >= 11 is 0. The Morgan fingerprint density at radius 3 is 2.48 bits per heavy atom. The number of urea groups is 1. The molecule has 5 nitrogen and oxygen atoms in total. The first-order valence-electron chi connectivity index (χ1n) is 7.42. The van der Waals surface area contributed by atoms with Crippen LogP contribution in [-0.2, 0) is 6.42 Å². The summed E-state index contributed by atoms with van der Waals surface area (Å²) in [6.07, 6.45) is 0.978. The summed E-state index contributed by atoms with van der Waals surface area (Å²) < 4.78 is 5.38. The number of ether oxygens (including phenoxy) is 1. The SMILES string of the molecule is COc1ccccc1CCN1CCN(C(=O)N(C)C)CC1. The van der Waals surface area contributed by atoms with Gasteiger partial charge in [0.1, 0.15) is 5.75 Å². The molecule has 0 N–H and O–H groups in total. The minimum Gasteiger partial charge on any atom is -0.496 e. The van der Waals surface area contributed by atoms with E-state index >= 15 is 0 Å². The molecule has 0 unspecified atom stereocenters. The predicted octanol–water partition coefficient (Wildman–Crippen LogP) is 1.54. The summed E-state index contributed by atoms with van der Waals surface area (Å²) in [4.78, 5) is 17.9. The van der Waals surface area contributed by atoms with Gasteiger partial charge in [-0.2, -0.15) is 0 Å². The third-order valence-corrected chi connectivity index (χ3v) is 3.92. The van der Waals surface area contributed by atoms with Gasteiger partial charge in [-0.15, -0.1) is 0 Å². The molecule has 2 amide bonds. The van der Waals surface area contributed by atoms with E-state index in [-0.39, 0.29) is 6.03 Å². The van der Waals surface area contributed by atoms with Crippen molar-refractivity contribution >= 4 is 6.03 Å². The Morgan fingerprint density at radius 2 is 1.86 bits per heavy atom. The maximum absolute atomic E-state index is 11.9. The summed E-state index contributed by atoms with van der Waals surface area (Å²) in [5.41, 5.74) is 1.24. The van der Waals surface area contributed by atoms with Gasteiger partial charge in [0.15, 0.2) is 0 Å². The van der Waals surface area contributed by atoms with Gasteiger partial charge in [0.2, 0.25) is 0 Å². The zero-order valence-corrected chi connectivity index (χ0v) is 13.2. The quantitative estimate of drug-likeness (QED) is 0.844. The number of hydrogen-bond acceptors (Lipinski definition) is 3. The van der Waals surface area contributed by atoms with Crippen LogP contribution in [-0.4, -0.2) is 74.7 Å². The van der Waals surface area contributed by atoms with Crippen molar-refractivity contribution in [3.05, 3.63) is 29.8 Å². The molecule has 1 heterocycles. The summed E-state index contributed by atoms with van der Waals surface area (Å²) in [6.45, 7) is 4.50. The van der Waals surface area contributed by atoms with Crippen LogP contribution >= 0.6 is 0 Å². The van der Waals surface area contributed by atoms with Crippen molar-refractivity contribution in [1.29, 1.82) is 0 Å². The van der Waals surface area contributed by atoms with E-state index in [0.717, 1.165) is 44.9 Å². The van der Waals surface area contributed by atoms with E-state index in [1.165, 1.54) is 5.56 Å². The highest BCUT2D eigenvalue weighted by molar-refractivity contribution is 5.73. The van der Waals surface area contributed by atoms with Gasteiger partial charge in [-0.1, -0.05) is 18.2 Å². The maximum atomic E-state index is 11.9. The van der Waals surface area contributed by atoms with E-state index in [0.29, 0.717) is 0 Å². The van der Waals surface area contributed by atoms with E-state index in [1.807, 2.05) is 23.1 Å². The molecular formula is C16H25N3O2. The summed E-state index contributed by atoms with van der Waals surface area (Å²) in [5, 5.41) is 0. The fourth-order valence-corrected chi connectivity index (χ4v) is 2.63. The van der Waals surface area contributed by atoms with Crippen LogP contribution in [0.15, 0.2) is 24.3 Å². The van der Waals surface area contributed by atoms with Crippen LogP contribution in [0.2, 0.25) is 0 Å². The molecule has 1 saturated heterocycles. The van der Waals surface area contributed by atoms with E-state index in [1.54, 1.807) is 26.1 Å². The Kier molecular flexibility index (Phi) is 5.44. The van der Waals surface area contributed by atoms with Gasteiger partial charge in [-0.25, -0.2) is 4.79 Å². The Morgan fingerprint density at radius 1 is 1.19 bits per heavy atom. The molecule has 1 aliphatic heterocycles. The molecule has 5 heteroatoms. The molecule has 116 valence electrons. The first kappa shape index (κ1) is 15.6. The number of piperazine rings is 1. The zero-order chi connectivity index (χ0) is 15.2. The van der Waals surface area contributed by atoms with E-state index < -0.39 is 0 Å². The van der Waals surface area contributed by atoms with Crippen molar-refractivity contribution in [3.63, 3.8) is 0 Å². The summed E-state index contributed by atoms with van der Waals surface area (Å²) in [5.74, 6) is 0.957. The number of methoxy groups -OCH3 is 1.